The molecule has 200 valence electrons. The normalized spacial score (nSPS) is 19.6. The first-order valence-corrected chi connectivity index (χ1v) is 12.6. The molecule has 1 fully saturated rings. The van der Waals surface area contributed by atoms with Crippen LogP contribution in [0.4, 0.5) is 9.18 Å². The molecule has 38 heavy (non-hydrogen) atoms. The van der Waals surface area contributed by atoms with Gasteiger partial charge in [-0.25, -0.2) is 9.18 Å². The van der Waals surface area contributed by atoms with Gasteiger partial charge in [0.1, 0.15) is 11.6 Å². The molecule has 1 unspecified atom stereocenters. The van der Waals surface area contributed by atoms with Crippen LogP contribution in [0.2, 0.25) is 0 Å². The van der Waals surface area contributed by atoms with Gasteiger partial charge in [0.05, 0.1) is 25.3 Å². The van der Waals surface area contributed by atoms with Gasteiger partial charge in [-0.15, -0.1) is 0 Å². The van der Waals surface area contributed by atoms with Crippen LogP contribution in [-0.2, 0) is 24.3 Å². The molecule has 10 nitrogen and oxygen atoms in total. The number of pyridine rings is 1. The number of carbonyl (C=O) groups is 2. The Morgan fingerprint density at radius 3 is 2.89 bits per heavy atom. The predicted molar refractivity (Wildman–Crippen MR) is 137 cm³/mol. The Hall–Kier alpha value is -3.99. The van der Waals surface area contributed by atoms with E-state index in [4.69, 9.17) is 4.74 Å². The summed E-state index contributed by atoms with van der Waals surface area (Å²) in [5, 5.41) is 20.4. The lowest BCUT2D eigenvalue weighted by Gasteiger charge is -2.38. The molecule has 2 aromatic heterocycles. The van der Waals surface area contributed by atoms with E-state index in [-0.39, 0.29) is 19.1 Å². The number of likely N-dealkylation sites (tertiary alicyclic amines) is 1. The van der Waals surface area contributed by atoms with Crippen molar-refractivity contribution in [2.24, 2.45) is 5.92 Å². The molecule has 0 aliphatic carbocycles. The summed E-state index contributed by atoms with van der Waals surface area (Å²) in [5.74, 6) is -1.62. The molecular formula is C27H31FN6O4. The van der Waals surface area contributed by atoms with Crippen molar-refractivity contribution in [3.8, 4) is 17.0 Å². The fourth-order valence-corrected chi connectivity index (χ4v) is 5.38. The van der Waals surface area contributed by atoms with E-state index in [0.29, 0.717) is 43.8 Å². The van der Waals surface area contributed by atoms with Gasteiger partial charge in [-0.3, -0.25) is 19.8 Å². The van der Waals surface area contributed by atoms with Gasteiger partial charge >= 0.3 is 12.0 Å². The number of carboxylic acids is 1. The summed E-state index contributed by atoms with van der Waals surface area (Å²) in [6, 6.07) is 7.81. The molecule has 1 saturated heterocycles. The number of aromatic nitrogens is 3. The molecule has 2 aliphatic rings. The summed E-state index contributed by atoms with van der Waals surface area (Å²) < 4.78 is 19.9. The van der Waals surface area contributed by atoms with Crippen LogP contribution >= 0.6 is 0 Å². The van der Waals surface area contributed by atoms with Crippen LogP contribution in [0.3, 0.4) is 0 Å². The van der Waals surface area contributed by atoms with Crippen LogP contribution in [0.1, 0.15) is 28.9 Å². The average Bonchev–Trinajstić information content (AvgIpc) is 3.33. The Bertz CT molecular complexity index is 1340. The van der Waals surface area contributed by atoms with E-state index >= 15 is 0 Å². The van der Waals surface area contributed by atoms with Crippen LogP contribution in [0.5, 0.6) is 5.75 Å². The van der Waals surface area contributed by atoms with Crippen molar-refractivity contribution in [2.45, 2.75) is 38.9 Å². The van der Waals surface area contributed by atoms with E-state index in [1.807, 2.05) is 24.0 Å². The van der Waals surface area contributed by atoms with Crippen LogP contribution in [0, 0.1) is 18.7 Å². The molecule has 0 saturated carbocycles. The average molecular weight is 523 g/mol. The molecule has 2 amide bonds. The molecule has 2 atom stereocenters. The van der Waals surface area contributed by atoms with Crippen molar-refractivity contribution in [1.82, 2.24) is 30.3 Å². The molecule has 0 spiro atoms. The highest BCUT2D eigenvalue weighted by molar-refractivity contribution is 5.76. The number of benzene rings is 1. The lowest BCUT2D eigenvalue weighted by molar-refractivity contribution is -0.144. The van der Waals surface area contributed by atoms with Crippen molar-refractivity contribution < 1.29 is 23.8 Å². The second-order valence-electron chi connectivity index (χ2n) is 9.92. The molecule has 3 aromatic rings. The maximum absolute atomic E-state index is 14.6. The SMILES string of the molecule is COc1cccc(F)c1CN1CC(C(=O)O)C[C@@H](NC(=O)N2CCc3[nH]nc(-c4ccnc(C)c4)c3C2)C1. The third kappa shape index (κ3) is 5.33. The molecule has 5 rings (SSSR count). The van der Waals surface area contributed by atoms with Crippen molar-refractivity contribution >= 4 is 12.0 Å². The number of hydrogen-bond donors (Lipinski definition) is 3. The number of carboxylic acid groups (broad SMARTS) is 1. The maximum atomic E-state index is 14.6. The van der Waals surface area contributed by atoms with E-state index < -0.39 is 23.7 Å². The zero-order valence-electron chi connectivity index (χ0n) is 21.4. The summed E-state index contributed by atoms with van der Waals surface area (Å²) in [4.78, 5) is 33.1. The number of methoxy groups -OCH3 is 1. The van der Waals surface area contributed by atoms with Gasteiger partial charge in [-0.1, -0.05) is 6.07 Å². The number of urea groups is 1. The number of halogens is 1. The van der Waals surface area contributed by atoms with Crippen LogP contribution in [-0.4, -0.2) is 74.9 Å². The fraction of sp³-hybridized carbons (Fsp3) is 0.407. The monoisotopic (exact) mass is 522 g/mol. The van der Waals surface area contributed by atoms with Gasteiger partial charge in [-0.2, -0.15) is 5.10 Å². The minimum Gasteiger partial charge on any atom is -0.496 e. The highest BCUT2D eigenvalue weighted by atomic mass is 19.1. The van der Waals surface area contributed by atoms with Gasteiger partial charge in [0.15, 0.2) is 0 Å². The quantitative estimate of drug-likeness (QED) is 0.455. The summed E-state index contributed by atoms with van der Waals surface area (Å²) in [7, 11) is 1.48. The van der Waals surface area contributed by atoms with Gasteiger partial charge in [-0.05, 0) is 37.6 Å². The highest BCUT2D eigenvalue weighted by Gasteiger charge is 2.34. The van der Waals surface area contributed by atoms with Crippen molar-refractivity contribution in [2.75, 3.05) is 26.7 Å². The van der Waals surface area contributed by atoms with E-state index in [2.05, 4.69) is 20.5 Å². The number of amides is 2. The number of nitrogens with one attached hydrogen (secondary N) is 2. The second kappa shape index (κ2) is 10.8. The molecular weight excluding hydrogens is 491 g/mol. The number of nitrogens with zero attached hydrogens (tertiary/aromatic N) is 4. The lowest BCUT2D eigenvalue weighted by Crippen LogP contribution is -2.55. The maximum Gasteiger partial charge on any atom is 0.317 e. The van der Waals surface area contributed by atoms with E-state index in [9.17, 15) is 19.1 Å². The van der Waals surface area contributed by atoms with Crippen molar-refractivity contribution in [3.63, 3.8) is 0 Å². The molecule has 3 N–H and O–H groups in total. The molecule has 0 radical (unpaired) electrons. The number of aromatic amines is 1. The van der Waals surface area contributed by atoms with E-state index in [0.717, 1.165) is 28.2 Å². The number of aliphatic carboxylic acids is 1. The summed E-state index contributed by atoms with van der Waals surface area (Å²) in [6.07, 6.45) is 2.68. The van der Waals surface area contributed by atoms with Gasteiger partial charge in [0.25, 0.3) is 0 Å². The molecule has 11 heteroatoms. The Kier molecular flexibility index (Phi) is 7.28. The number of ether oxygens (including phenoxy) is 1. The summed E-state index contributed by atoms with van der Waals surface area (Å²) in [5.41, 5.74) is 4.97. The van der Waals surface area contributed by atoms with E-state index in [1.165, 1.54) is 13.2 Å². The number of aryl methyl sites for hydroxylation is 1. The second-order valence-corrected chi connectivity index (χ2v) is 9.92. The smallest absolute Gasteiger partial charge is 0.317 e. The van der Waals surface area contributed by atoms with Crippen LogP contribution in [0.25, 0.3) is 11.3 Å². The number of fused-ring (bicyclic) bond motifs is 1. The van der Waals surface area contributed by atoms with Crippen LogP contribution in [0.15, 0.2) is 36.5 Å². The molecule has 0 bridgehead atoms. The highest BCUT2D eigenvalue weighted by Crippen LogP contribution is 2.29. The zero-order chi connectivity index (χ0) is 26.8. The van der Waals surface area contributed by atoms with Gasteiger partial charge in [0, 0.05) is 72.9 Å². The number of carbonyl (C=O) groups excluding carboxylic acids is 1. The Morgan fingerprint density at radius 2 is 2.13 bits per heavy atom. The Morgan fingerprint density at radius 1 is 1.29 bits per heavy atom. The number of rotatable bonds is 6. The molecule has 2 aliphatic heterocycles. The van der Waals surface area contributed by atoms with Gasteiger partial charge < -0.3 is 20.1 Å². The zero-order valence-corrected chi connectivity index (χ0v) is 21.4. The Labute approximate surface area is 219 Å². The fourth-order valence-electron chi connectivity index (χ4n) is 5.38. The predicted octanol–water partition coefficient (Wildman–Crippen LogP) is 2.97. The number of piperidine rings is 1. The topological polar surface area (TPSA) is 124 Å². The van der Waals surface area contributed by atoms with Crippen LogP contribution < -0.4 is 10.1 Å². The standard InChI is InChI=1S/C27H31FN6O4/c1-16-10-17(6-8-29-16)25-21-15-34(9-7-23(21)31-32-25)27(37)30-19-11-18(26(35)36)12-33(13-19)14-20-22(28)4-3-5-24(20)38-2/h3-6,8,10,18-19H,7,9,11-15H2,1-2H3,(H,30,37)(H,31,32)(H,35,36)/t18?,19-/m1/s1. The summed E-state index contributed by atoms with van der Waals surface area (Å²) >= 11 is 0. The minimum atomic E-state index is -0.937. The first kappa shape index (κ1) is 25.7. The first-order chi connectivity index (χ1) is 18.3. The molecule has 4 heterocycles. The minimum absolute atomic E-state index is 0.183. The third-order valence-corrected chi connectivity index (χ3v) is 7.27. The van der Waals surface area contributed by atoms with Gasteiger partial charge in [0.2, 0.25) is 0 Å². The largest absolute Gasteiger partial charge is 0.496 e. The number of hydrogen-bond acceptors (Lipinski definition) is 6. The van der Waals surface area contributed by atoms with Crippen molar-refractivity contribution in [3.05, 3.63) is 64.9 Å². The summed E-state index contributed by atoms with van der Waals surface area (Å²) in [6.45, 7) is 3.67. The number of H-pyrrole nitrogens is 1. The van der Waals surface area contributed by atoms with Crippen molar-refractivity contribution in [1.29, 1.82) is 0 Å². The first-order valence-electron chi connectivity index (χ1n) is 12.6. The third-order valence-electron chi connectivity index (χ3n) is 7.27. The lowest BCUT2D eigenvalue weighted by atomic mass is 9.93. The Balaban J connectivity index is 1.29. The van der Waals surface area contributed by atoms with E-state index in [1.54, 1.807) is 23.2 Å². The molecule has 1 aromatic carbocycles.